The van der Waals surface area contributed by atoms with E-state index >= 15 is 0 Å². The van der Waals surface area contributed by atoms with E-state index in [0.29, 0.717) is 71.3 Å². The van der Waals surface area contributed by atoms with Crippen LogP contribution in [-0.4, -0.2) is 43.2 Å². The topological polar surface area (TPSA) is 115 Å². The number of rotatable bonds is 0. The summed E-state index contributed by atoms with van der Waals surface area (Å²) in [5.41, 5.74) is 0.609. The lowest BCUT2D eigenvalue weighted by Crippen LogP contribution is -2.56. The second-order valence-corrected chi connectivity index (χ2v) is 19.8. The first-order valence-corrected chi connectivity index (χ1v) is 19.6. The summed E-state index contributed by atoms with van der Waals surface area (Å²) in [5, 5.41) is 40.9. The number of hydrogen-bond donors (Lipinski definition) is 4. The molecule has 6 nitrogen and oxygen atoms in total. The van der Waals surface area contributed by atoms with Crippen molar-refractivity contribution in [2.45, 2.75) is 155 Å². The predicted molar refractivity (Wildman–Crippen MR) is 187 cm³/mol. The number of carbonyl (C=O) groups is 2. The number of Topliss-reactive ketones (excluding diaryl/α,β-unsaturated/α-hetero) is 2. The Morgan fingerprint density at radius 1 is 0.521 bits per heavy atom. The Kier molecular flexibility index (Phi) is 8.28. The summed E-state index contributed by atoms with van der Waals surface area (Å²) in [7, 11) is 0. The Morgan fingerprint density at radius 3 is 1.23 bits per heavy atom. The minimum absolute atomic E-state index is 0.0531. The number of ketones is 2. The van der Waals surface area contributed by atoms with Crippen molar-refractivity contribution in [3.63, 3.8) is 0 Å². The maximum Gasteiger partial charge on any atom is 0.162 e. The van der Waals surface area contributed by atoms with Crippen molar-refractivity contribution in [3.8, 4) is 0 Å². The fraction of sp³-hybridized carbons (Fsp3) is 0.857. The molecule has 8 saturated carbocycles. The van der Waals surface area contributed by atoms with E-state index in [9.17, 15) is 30.0 Å². The van der Waals surface area contributed by atoms with Crippen LogP contribution in [-0.2, 0) is 9.59 Å². The molecule has 0 aromatic carbocycles. The molecule has 0 aliphatic heterocycles. The highest BCUT2D eigenvalue weighted by Crippen LogP contribution is 2.70. The van der Waals surface area contributed by atoms with Crippen LogP contribution in [0.2, 0.25) is 0 Å². The molecule has 8 rings (SSSR count). The molecule has 8 aliphatic rings. The van der Waals surface area contributed by atoms with Crippen molar-refractivity contribution in [2.75, 3.05) is 0 Å². The molecule has 8 aliphatic carbocycles. The summed E-state index contributed by atoms with van der Waals surface area (Å²) < 4.78 is 0. The lowest BCUT2D eigenvalue weighted by atomic mass is 9.44. The largest absolute Gasteiger partial charge is 0.515 e. The van der Waals surface area contributed by atoms with Crippen LogP contribution in [0, 0.1) is 69.0 Å². The molecule has 14 atom stereocenters. The number of aliphatic hydroxyl groups is 4. The van der Waals surface area contributed by atoms with Crippen LogP contribution in [0.3, 0.4) is 0 Å². The van der Waals surface area contributed by atoms with E-state index in [1.54, 1.807) is 0 Å². The van der Waals surface area contributed by atoms with Gasteiger partial charge in [0.2, 0.25) is 0 Å². The Bertz CT molecular complexity index is 1290. The van der Waals surface area contributed by atoms with Gasteiger partial charge in [-0.2, -0.15) is 0 Å². The summed E-state index contributed by atoms with van der Waals surface area (Å²) >= 11 is 0. The van der Waals surface area contributed by atoms with Crippen molar-refractivity contribution in [1.82, 2.24) is 0 Å². The summed E-state index contributed by atoms with van der Waals surface area (Å²) in [6.45, 7) is 13.5. The maximum absolute atomic E-state index is 12.2. The third kappa shape index (κ3) is 4.76. The average Bonchev–Trinajstić information content (AvgIpc) is 3.43. The van der Waals surface area contributed by atoms with Crippen molar-refractivity contribution >= 4 is 11.6 Å². The smallest absolute Gasteiger partial charge is 0.162 e. The zero-order valence-corrected chi connectivity index (χ0v) is 30.7. The zero-order chi connectivity index (χ0) is 34.7. The number of carbonyl (C=O) groups excluding carboxylic acids is 2. The van der Waals surface area contributed by atoms with Gasteiger partial charge >= 0.3 is 0 Å². The van der Waals surface area contributed by atoms with E-state index in [4.69, 9.17) is 0 Å². The van der Waals surface area contributed by atoms with Crippen LogP contribution in [0.4, 0.5) is 0 Å². The molecular formula is C42H64O6. The van der Waals surface area contributed by atoms with Crippen molar-refractivity contribution in [1.29, 1.82) is 0 Å². The molecule has 268 valence electrons. The summed E-state index contributed by atoms with van der Waals surface area (Å²) in [6, 6.07) is 0. The molecule has 0 radical (unpaired) electrons. The molecule has 0 aromatic rings. The van der Waals surface area contributed by atoms with E-state index in [0.717, 1.165) is 89.6 Å². The predicted octanol–water partition coefficient (Wildman–Crippen LogP) is 8.80. The molecule has 0 unspecified atom stereocenters. The fourth-order valence-electron chi connectivity index (χ4n) is 14.7. The van der Waals surface area contributed by atoms with Crippen LogP contribution in [0.25, 0.3) is 0 Å². The lowest BCUT2D eigenvalue weighted by molar-refractivity contribution is -0.148. The Balaban J connectivity index is 0.000000152. The minimum Gasteiger partial charge on any atom is -0.515 e. The standard InChI is InChI=1S/2C21H32O3/c2*1-19-11-13(12-22)18(23)10-14(19)4-5-15-16(19)6-8-20(2)17(15)7-9-21(20,3)24/h2*12,14-17,22,24H,4-11H2,1-3H3/b2*13-12-/t2*14-,15+,16-,17-,19-,20-,21-/m00/s1. The van der Waals surface area contributed by atoms with Crippen molar-refractivity contribution in [2.24, 2.45) is 69.0 Å². The first-order chi connectivity index (χ1) is 22.5. The van der Waals surface area contributed by atoms with Gasteiger partial charge in [0.15, 0.2) is 11.6 Å². The van der Waals surface area contributed by atoms with Crippen LogP contribution >= 0.6 is 0 Å². The van der Waals surface area contributed by atoms with E-state index in [2.05, 4.69) is 27.7 Å². The zero-order valence-electron chi connectivity index (χ0n) is 30.7. The molecule has 48 heavy (non-hydrogen) atoms. The molecule has 0 amide bonds. The highest BCUT2D eigenvalue weighted by atomic mass is 16.3. The second-order valence-electron chi connectivity index (χ2n) is 19.8. The normalized spacial score (nSPS) is 55.8. The highest BCUT2D eigenvalue weighted by Gasteiger charge is 2.65. The molecule has 0 aromatic heterocycles. The van der Waals surface area contributed by atoms with Gasteiger partial charge in [-0.1, -0.05) is 27.7 Å². The fourth-order valence-corrected chi connectivity index (χ4v) is 14.7. The summed E-state index contributed by atoms with van der Waals surface area (Å²) in [6.07, 6.45) is 18.2. The summed E-state index contributed by atoms with van der Waals surface area (Å²) in [5.74, 6) is 5.09. The van der Waals surface area contributed by atoms with Gasteiger partial charge < -0.3 is 20.4 Å². The number of hydrogen-bond acceptors (Lipinski definition) is 6. The molecular weight excluding hydrogens is 600 g/mol. The monoisotopic (exact) mass is 664 g/mol. The van der Waals surface area contributed by atoms with Gasteiger partial charge in [0.25, 0.3) is 0 Å². The van der Waals surface area contributed by atoms with Gasteiger partial charge in [-0.05, 0) is 173 Å². The quantitative estimate of drug-likeness (QED) is 0.152. The molecule has 0 bridgehead atoms. The molecule has 6 heteroatoms. The van der Waals surface area contributed by atoms with E-state index < -0.39 is 11.2 Å². The van der Waals surface area contributed by atoms with E-state index in [1.165, 1.54) is 12.8 Å². The van der Waals surface area contributed by atoms with Gasteiger partial charge in [-0.15, -0.1) is 0 Å². The van der Waals surface area contributed by atoms with Gasteiger partial charge in [0.1, 0.15) is 0 Å². The number of fused-ring (bicyclic) bond motifs is 10. The Morgan fingerprint density at radius 2 is 0.875 bits per heavy atom. The van der Waals surface area contributed by atoms with Crippen molar-refractivity contribution in [3.05, 3.63) is 23.7 Å². The van der Waals surface area contributed by atoms with Crippen LogP contribution in [0.5, 0.6) is 0 Å². The minimum atomic E-state index is -0.529. The third-order valence-corrected chi connectivity index (χ3v) is 18.3. The molecule has 0 saturated heterocycles. The molecule has 4 N–H and O–H groups in total. The summed E-state index contributed by atoms with van der Waals surface area (Å²) in [4.78, 5) is 24.5. The van der Waals surface area contributed by atoms with Gasteiger partial charge in [0, 0.05) is 24.0 Å². The highest BCUT2D eigenvalue weighted by molar-refractivity contribution is 5.96. The maximum atomic E-state index is 12.2. The van der Waals surface area contributed by atoms with Gasteiger partial charge in [0.05, 0.1) is 23.7 Å². The number of aliphatic hydroxyl groups excluding tert-OH is 2. The lowest BCUT2D eigenvalue weighted by Gasteiger charge is -2.61. The van der Waals surface area contributed by atoms with Crippen LogP contribution < -0.4 is 0 Å². The molecule has 0 spiro atoms. The van der Waals surface area contributed by atoms with Crippen LogP contribution in [0.15, 0.2) is 23.7 Å². The third-order valence-electron chi connectivity index (χ3n) is 18.3. The van der Waals surface area contributed by atoms with Crippen molar-refractivity contribution < 1.29 is 30.0 Å². The van der Waals surface area contributed by atoms with E-state index in [-0.39, 0.29) is 33.2 Å². The van der Waals surface area contributed by atoms with Crippen LogP contribution in [0.1, 0.15) is 144 Å². The first kappa shape index (κ1) is 34.8. The first-order valence-electron chi connectivity index (χ1n) is 19.6. The van der Waals surface area contributed by atoms with Gasteiger partial charge in [-0.3, -0.25) is 9.59 Å². The molecule has 0 heterocycles. The average molecular weight is 665 g/mol. The second kappa shape index (κ2) is 11.4. The molecule has 8 fully saturated rings. The number of allylic oxidation sites excluding steroid dienone is 2. The van der Waals surface area contributed by atoms with Gasteiger partial charge in [-0.25, -0.2) is 0 Å². The Hall–Kier alpha value is -1.66. The van der Waals surface area contributed by atoms with E-state index in [1.807, 2.05) is 13.8 Å². The SMILES string of the molecule is C[C@]12C/C(=C/O)C(=O)C[C@@H]1CC[C@@H]1[C@@H]2CC[C@@]2(C)[C@H]1CC[C@]2(C)O.C[C@]12C/C(=C/O)C(=O)C[C@@H]1CC[C@@H]1[C@@H]2CC[C@@]2(C)[C@H]1CC[C@]2(C)O. The Labute approximate surface area is 289 Å².